The molecule has 0 saturated carbocycles. The van der Waals surface area contributed by atoms with Gasteiger partial charge in [0.1, 0.15) is 5.82 Å². The van der Waals surface area contributed by atoms with Crippen LogP contribution in [0.25, 0.3) is 0 Å². The highest BCUT2D eigenvalue weighted by Gasteiger charge is 2.11. The summed E-state index contributed by atoms with van der Waals surface area (Å²) >= 11 is 0. The van der Waals surface area contributed by atoms with Crippen molar-refractivity contribution in [2.24, 2.45) is 0 Å². The maximum absolute atomic E-state index is 13.5. The molecule has 1 N–H and O–H groups in total. The minimum atomic E-state index is -0.394. The number of halogens is 1. The first-order valence-electron chi connectivity index (χ1n) is 7.44. The Bertz CT molecular complexity index is 401. The van der Waals surface area contributed by atoms with Crippen LogP contribution in [0.4, 0.5) is 10.1 Å². The van der Waals surface area contributed by atoms with Crippen molar-refractivity contribution in [2.45, 2.75) is 39.5 Å². The van der Waals surface area contributed by atoms with Crippen molar-refractivity contribution in [3.63, 3.8) is 0 Å². The van der Waals surface area contributed by atoms with Crippen molar-refractivity contribution in [3.05, 3.63) is 30.1 Å². The van der Waals surface area contributed by atoms with Crippen molar-refractivity contribution >= 4 is 11.6 Å². The molecule has 20 heavy (non-hydrogen) atoms. The number of hydrogen-bond donors (Lipinski definition) is 1. The highest BCUT2D eigenvalue weighted by atomic mass is 19.1. The molecule has 1 rings (SSSR count). The lowest BCUT2D eigenvalue weighted by molar-refractivity contribution is -0.117. The zero-order chi connectivity index (χ0) is 14.8. The molecule has 4 heteroatoms. The van der Waals surface area contributed by atoms with Crippen molar-refractivity contribution in [3.8, 4) is 0 Å². The molecule has 0 bridgehead atoms. The van der Waals surface area contributed by atoms with Crippen molar-refractivity contribution in [1.29, 1.82) is 0 Å². The van der Waals surface area contributed by atoms with E-state index in [4.69, 9.17) is 0 Å². The third kappa shape index (κ3) is 6.15. The van der Waals surface area contributed by atoms with Gasteiger partial charge in [0.2, 0.25) is 5.91 Å². The maximum Gasteiger partial charge on any atom is 0.238 e. The number of para-hydroxylation sites is 1. The predicted octanol–water partition coefficient (Wildman–Crippen LogP) is 3.67. The molecule has 0 atom stereocenters. The molecular formula is C16H25FN2O. The van der Waals surface area contributed by atoms with E-state index in [1.54, 1.807) is 18.2 Å². The van der Waals surface area contributed by atoms with Crippen LogP contribution in [0.15, 0.2) is 24.3 Å². The molecule has 0 radical (unpaired) electrons. The second-order valence-electron chi connectivity index (χ2n) is 5.01. The Morgan fingerprint density at radius 1 is 1.15 bits per heavy atom. The average Bonchev–Trinajstić information content (AvgIpc) is 2.44. The molecule has 1 aromatic carbocycles. The molecular weight excluding hydrogens is 255 g/mol. The Labute approximate surface area is 121 Å². The van der Waals surface area contributed by atoms with Gasteiger partial charge in [0, 0.05) is 0 Å². The fourth-order valence-electron chi connectivity index (χ4n) is 1.99. The fraction of sp³-hybridized carbons (Fsp3) is 0.562. The molecule has 112 valence electrons. The molecule has 0 aromatic heterocycles. The Kier molecular flexibility index (Phi) is 7.88. The fourth-order valence-corrected chi connectivity index (χ4v) is 1.99. The standard InChI is InChI=1S/C16H25FN2O/c1-3-5-11-19(12-6-4-2)13-16(20)18-15-10-8-7-9-14(15)17/h7-10H,3-6,11-13H2,1-2H3,(H,18,20). The van der Waals surface area contributed by atoms with Crippen molar-refractivity contribution in [2.75, 3.05) is 25.0 Å². The van der Waals surface area contributed by atoms with Gasteiger partial charge >= 0.3 is 0 Å². The van der Waals surface area contributed by atoms with Crippen LogP contribution < -0.4 is 5.32 Å². The summed E-state index contributed by atoms with van der Waals surface area (Å²) in [5.41, 5.74) is 0.253. The van der Waals surface area contributed by atoms with E-state index >= 15 is 0 Å². The molecule has 0 aliphatic rings. The lowest BCUT2D eigenvalue weighted by Gasteiger charge is -2.21. The monoisotopic (exact) mass is 280 g/mol. The highest BCUT2D eigenvalue weighted by Crippen LogP contribution is 2.12. The first-order chi connectivity index (χ1) is 9.67. The quantitative estimate of drug-likeness (QED) is 0.748. The third-order valence-corrected chi connectivity index (χ3v) is 3.17. The molecule has 0 heterocycles. The summed E-state index contributed by atoms with van der Waals surface area (Å²) in [6, 6.07) is 6.25. The summed E-state index contributed by atoms with van der Waals surface area (Å²) in [4.78, 5) is 14.1. The van der Waals surface area contributed by atoms with E-state index in [0.717, 1.165) is 38.8 Å². The van der Waals surface area contributed by atoms with Crippen LogP contribution >= 0.6 is 0 Å². The zero-order valence-electron chi connectivity index (χ0n) is 12.5. The first kappa shape index (κ1) is 16.6. The molecule has 0 saturated heterocycles. The summed E-state index contributed by atoms with van der Waals surface area (Å²) < 4.78 is 13.5. The van der Waals surface area contributed by atoms with Gasteiger partial charge in [0.25, 0.3) is 0 Å². The Hall–Kier alpha value is -1.42. The smallest absolute Gasteiger partial charge is 0.238 e. The van der Waals surface area contributed by atoms with E-state index in [-0.39, 0.29) is 11.6 Å². The maximum atomic E-state index is 13.5. The van der Waals surface area contributed by atoms with Gasteiger partial charge in [0.05, 0.1) is 12.2 Å². The summed E-state index contributed by atoms with van der Waals surface area (Å²) in [6.07, 6.45) is 4.38. The minimum absolute atomic E-state index is 0.151. The minimum Gasteiger partial charge on any atom is -0.322 e. The molecule has 0 fully saturated rings. The summed E-state index contributed by atoms with van der Waals surface area (Å²) in [7, 11) is 0. The number of carbonyl (C=O) groups is 1. The van der Waals surface area contributed by atoms with Gasteiger partial charge in [-0.3, -0.25) is 9.69 Å². The first-order valence-corrected chi connectivity index (χ1v) is 7.44. The second-order valence-corrected chi connectivity index (χ2v) is 5.01. The molecule has 0 unspecified atom stereocenters. The van der Waals surface area contributed by atoms with Crippen molar-refractivity contribution < 1.29 is 9.18 Å². The van der Waals surface area contributed by atoms with Crippen LogP contribution in [0.5, 0.6) is 0 Å². The molecule has 1 aromatic rings. The van der Waals surface area contributed by atoms with E-state index in [0.29, 0.717) is 6.54 Å². The molecule has 0 aliphatic carbocycles. The van der Waals surface area contributed by atoms with Crippen LogP contribution in [-0.2, 0) is 4.79 Å². The van der Waals surface area contributed by atoms with Gasteiger partial charge in [0.15, 0.2) is 0 Å². The summed E-state index contributed by atoms with van der Waals surface area (Å²) in [5, 5.41) is 2.64. The van der Waals surface area contributed by atoms with E-state index in [1.807, 2.05) is 0 Å². The topological polar surface area (TPSA) is 32.3 Å². The van der Waals surface area contributed by atoms with Crippen LogP contribution in [0, 0.1) is 5.82 Å². The number of hydrogen-bond acceptors (Lipinski definition) is 2. The largest absolute Gasteiger partial charge is 0.322 e. The average molecular weight is 280 g/mol. The lowest BCUT2D eigenvalue weighted by Crippen LogP contribution is -2.34. The third-order valence-electron chi connectivity index (χ3n) is 3.17. The normalized spacial score (nSPS) is 10.8. The lowest BCUT2D eigenvalue weighted by atomic mass is 10.2. The van der Waals surface area contributed by atoms with Crippen LogP contribution in [0.2, 0.25) is 0 Å². The van der Waals surface area contributed by atoms with Crippen LogP contribution in [-0.4, -0.2) is 30.4 Å². The van der Waals surface area contributed by atoms with E-state index in [2.05, 4.69) is 24.1 Å². The number of rotatable bonds is 9. The SMILES string of the molecule is CCCCN(CCCC)CC(=O)Nc1ccccc1F. The van der Waals surface area contributed by atoms with Gasteiger partial charge in [-0.2, -0.15) is 0 Å². The summed E-state index contributed by atoms with van der Waals surface area (Å²) in [5.74, 6) is -0.545. The highest BCUT2D eigenvalue weighted by molar-refractivity contribution is 5.92. The van der Waals surface area contributed by atoms with Crippen LogP contribution in [0.1, 0.15) is 39.5 Å². The molecule has 0 aliphatic heterocycles. The zero-order valence-corrected chi connectivity index (χ0v) is 12.5. The number of nitrogens with zero attached hydrogens (tertiary/aromatic N) is 1. The van der Waals surface area contributed by atoms with Gasteiger partial charge < -0.3 is 5.32 Å². The van der Waals surface area contributed by atoms with E-state index < -0.39 is 5.82 Å². The van der Waals surface area contributed by atoms with Crippen molar-refractivity contribution in [1.82, 2.24) is 4.90 Å². The Morgan fingerprint density at radius 3 is 2.30 bits per heavy atom. The van der Waals surface area contributed by atoms with Gasteiger partial charge in [-0.15, -0.1) is 0 Å². The van der Waals surface area contributed by atoms with Gasteiger partial charge in [-0.05, 0) is 38.1 Å². The van der Waals surface area contributed by atoms with Crippen LogP contribution in [0.3, 0.4) is 0 Å². The number of amides is 1. The number of benzene rings is 1. The summed E-state index contributed by atoms with van der Waals surface area (Å²) in [6.45, 7) is 6.44. The Balaban J connectivity index is 2.50. The van der Waals surface area contributed by atoms with Gasteiger partial charge in [-0.25, -0.2) is 4.39 Å². The number of carbonyl (C=O) groups excluding carboxylic acids is 1. The van der Waals surface area contributed by atoms with E-state index in [1.165, 1.54) is 6.07 Å². The second kappa shape index (κ2) is 9.48. The molecule has 1 amide bonds. The van der Waals surface area contributed by atoms with Gasteiger partial charge in [-0.1, -0.05) is 38.8 Å². The van der Waals surface area contributed by atoms with E-state index in [9.17, 15) is 9.18 Å². The Morgan fingerprint density at radius 2 is 1.75 bits per heavy atom. The molecule has 3 nitrogen and oxygen atoms in total. The molecule has 0 spiro atoms. The number of anilines is 1. The number of unbranched alkanes of at least 4 members (excludes halogenated alkanes) is 2. The predicted molar refractivity (Wildman–Crippen MR) is 81.3 cm³/mol. The number of nitrogens with one attached hydrogen (secondary N) is 1.